The van der Waals surface area contributed by atoms with Crippen LogP contribution in [-0.4, -0.2) is 26.2 Å². The number of anilines is 1. The van der Waals surface area contributed by atoms with Crippen molar-refractivity contribution in [1.82, 2.24) is 5.43 Å². The van der Waals surface area contributed by atoms with Gasteiger partial charge in [-0.3, -0.25) is 4.79 Å². The number of nitriles is 1. The van der Waals surface area contributed by atoms with Crippen LogP contribution < -0.4 is 10.3 Å². The number of nitrogens with zero attached hydrogens (tertiary/aromatic N) is 3. The summed E-state index contributed by atoms with van der Waals surface area (Å²) >= 11 is 0. The molecular formula is C19H17FN4O. The molecule has 0 unspecified atom stereocenters. The number of hydrazone groups is 1. The highest BCUT2D eigenvalue weighted by Crippen LogP contribution is 2.13. The molecule has 2 aromatic carbocycles. The van der Waals surface area contributed by atoms with Crippen LogP contribution in [0.5, 0.6) is 0 Å². The van der Waals surface area contributed by atoms with Crippen LogP contribution in [0.1, 0.15) is 21.5 Å². The van der Waals surface area contributed by atoms with Gasteiger partial charge < -0.3 is 4.90 Å². The Labute approximate surface area is 145 Å². The van der Waals surface area contributed by atoms with Crippen molar-refractivity contribution in [2.45, 2.75) is 0 Å². The molecule has 0 aliphatic heterocycles. The summed E-state index contributed by atoms with van der Waals surface area (Å²) in [6.07, 6.45) is 4.90. The Morgan fingerprint density at radius 2 is 1.96 bits per heavy atom. The molecule has 126 valence electrons. The van der Waals surface area contributed by atoms with Gasteiger partial charge >= 0.3 is 0 Å². The molecule has 1 N–H and O–H groups in total. The zero-order chi connectivity index (χ0) is 18.2. The van der Waals surface area contributed by atoms with Crippen LogP contribution in [0.15, 0.2) is 53.6 Å². The standard InChI is InChI=1S/C19H17FN4O/c1-24(2)16-8-5-14(6-9-16)4-3-11-22-23-19(25)17-10-7-15(13-21)12-18(17)20/h3-12H,1-2H3,(H,23,25)/b4-3+,22-11-. The maximum absolute atomic E-state index is 13.7. The van der Waals surface area contributed by atoms with Crippen molar-refractivity contribution in [2.75, 3.05) is 19.0 Å². The molecular weight excluding hydrogens is 319 g/mol. The fraction of sp³-hybridized carbons (Fsp3) is 0.105. The number of hydrogen-bond acceptors (Lipinski definition) is 4. The largest absolute Gasteiger partial charge is 0.378 e. The number of rotatable bonds is 5. The van der Waals surface area contributed by atoms with Gasteiger partial charge in [-0.1, -0.05) is 18.2 Å². The lowest BCUT2D eigenvalue weighted by molar-refractivity contribution is 0.0951. The van der Waals surface area contributed by atoms with Crippen molar-refractivity contribution in [2.24, 2.45) is 5.10 Å². The van der Waals surface area contributed by atoms with E-state index in [4.69, 9.17) is 5.26 Å². The van der Waals surface area contributed by atoms with Gasteiger partial charge in [-0.15, -0.1) is 0 Å². The quantitative estimate of drug-likeness (QED) is 0.673. The topological polar surface area (TPSA) is 68.5 Å². The molecule has 2 rings (SSSR count). The first-order valence-corrected chi connectivity index (χ1v) is 7.48. The van der Waals surface area contributed by atoms with Crippen molar-refractivity contribution in [3.05, 3.63) is 71.0 Å². The molecule has 0 heterocycles. The molecule has 1 amide bonds. The van der Waals surface area contributed by atoms with Gasteiger partial charge in [0.1, 0.15) is 5.82 Å². The summed E-state index contributed by atoms with van der Waals surface area (Å²) in [4.78, 5) is 13.8. The van der Waals surface area contributed by atoms with Crippen LogP contribution >= 0.6 is 0 Å². The molecule has 0 aromatic heterocycles. The fourth-order valence-corrected chi connectivity index (χ4v) is 2.01. The predicted octanol–water partition coefficient (Wildman–Crippen LogP) is 3.19. The zero-order valence-corrected chi connectivity index (χ0v) is 13.9. The summed E-state index contributed by atoms with van der Waals surface area (Å²) in [5.41, 5.74) is 4.31. The number of halogens is 1. The Morgan fingerprint density at radius 1 is 1.24 bits per heavy atom. The molecule has 0 radical (unpaired) electrons. The number of nitrogens with one attached hydrogen (secondary N) is 1. The molecule has 0 aliphatic rings. The lowest BCUT2D eigenvalue weighted by Crippen LogP contribution is -2.18. The van der Waals surface area contributed by atoms with E-state index in [1.807, 2.05) is 49.3 Å². The third-order valence-corrected chi connectivity index (χ3v) is 3.37. The first-order valence-electron chi connectivity index (χ1n) is 7.48. The van der Waals surface area contributed by atoms with E-state index >= 15 is 0 Å². The van der Waals surface area contributed by atoms with E-state index in [1.165, 1.54) is 18.3 Å². The van der Waals surface area contributed by atoms with E-state index < -0.39 is 11.7 Å². The first kappa shape index (κ1) is 17.9. The Kier molecular flexibility index (Phi) is 6.02. The van der Waals surface area contributed by atoms with Gasteiger partial charge in [0.15, 0.2) is 0 Å². The van der Waals surface area contributed by atoms with Crippen molar-refractivity contribution in [3.8, 4) is 6.07 Å². The summed E-state index contributed by atoms with van der Waals surface area (Å²) in [5, 5.41) is 12.4. The summed E-state index contributed by atoms with van der Waals surface area (Å²) in [7, 11) is 3.94. The average molecular weight is 336 g/mol. The van der Waals surface area contributed by atoms with Gasteiger partial charge in [-0.25, -0.2) is 9.82 Å². The summed E-state index contributed by atoms with van der Waals surface area (Å²) in [6.45, 7) is 0. The number of hydrogen-bond donors (Lipinski definition) is 1. The third-order valence-electron chi connectivity index (χ3n) is 3.37. The SMILES string of the molecule is CN(C)c1ccc(/C=C/C=N\NC(=O)c2ccc(C#N)cc2F)cc1. The van der Waals surface area contributed by atoms with E-state index in [0.29, 0.717) is 0 Å². The van der Waals surface area contributed by atoms with Gasteiger partial charge in [0.2, 0.25) is 0 Å². The number of benzene rings is 2. The summed E-state index contributed by atoms with van der Waals surface area (Å²) in [6, 6.07) is 13.4. The minimum atomic E-state index is -0.761. The zero-order valence-electron chi connectivity index (χ0n) is 13.9. The Hall–Kier alpha value is -3.46. The smallest absolute Gasteiger partial charge is 0.274 e. The highest BCUT2D eigenvalue weighted by atomic mass is 19.1. The molecule has 6 heteroatoms. The normalized spacial score (nSPS) is 10.8. The van der Waals surface area contributed by atoms with Gasteiger partial charge in [0, 0.05) is 26.0 Å². The highest BCUT2D eigenvalue weighted by Gasteiger charge is 2.11. The Balaban J connectivity index is 1.92. The van der Waals surface area contributed by atoms with Gasteiger partial charge in [-0.2, -0.15) is 10.4 Å². The molecule has 0 saturated carbocycles. The van der Waals surface area contributed by atoms with E-state index in [-0.39, 0.29) is 11.1 Å². The molecule has 0 saturated heterocycles. The Morgan fingerprint density at radius 3 is 2.56 bits per heavy atom. The van der Waals surface area contributed by atoms with E-state index in [9.17, 15) is 9.18 Å². The lowest BCUT2D eigenvalue weighted by Gasteiger charge is -2.11. The molecule has 5 nitrogen and oxygen atoms in total. The van der Waals surface area contributed by atoms with Crippen LogP contribution in [0, 0.1) is 17.1 Å². The molecule has 0 aliphatic carbocycles. The van der Waals surface area contributed by atoms with Crippen LogP contribution in [0.4, 0.5) is 10.1 Å². The fourth-order valence-electron chi connectivity index (χ4n) is 2.01. The van der Waals surface area contributed by atoms with Crippen LogP contribution in [0.2, 0.25) is 0 Å². The molecule has 0 bridgehead atoms. The number of amides is 1. The summed E-state index contributed by atoms with van der Waals surface area (Å²) in [5.74, 6) is -1.44. The predicted molar refractivity (Wildman–Crippen MR) is 96.9 cm³/mol. The van der Waals surface area contributed by atoms with E-state index in [1.54, 1.807) is 12.1 Å². The first-order chi connectivity index (χ1) is 12.0. The number of carbonyl (C=O) groups excluding carboxylic acids is 1. The average Bonchev–Trinajstić information content (AvgIpc) is 2.61. The minimum absolute atomic E-state index is 0.153. The summed E-state index contributed by atoms with van der Waals surface area (Å²) < 4.78 is 13.7. The van der Waals surface area contributed by atoms with Gasteiger partial charge in [0.25, 0.3) is 5.91 Å². The number of carbonyl (C=O) groups is 1. The second-order valence-corrected chi connectivity index (χ2v) is 5.37. The van der Waals surface area contributed by atoms with Crippen LogP contribution in [0.3, 0.4) is 0 Å². The second-order valence-electron chi connectivity index (χ2n) is 5.37. The maximum Gasteiger partial charge on any atom is 0.274 e. The van der Waals surface area contributed by atoms with Gasteiger partial charge in [-0.05, 0) is 42.0 Å². The Bertz CT molecular complexity index is 849. The van der Waals surface area contributed by atoms with Crippen molar-refractivity contribution >= 4 is 23.9 Å². The molecule has 2 aromatic rings. The highest BCUT2D eigenvalue weighted by molar-refractivity contribution is 5.95. The maximum atomic E-state index is 13.7. The number of allylic oxidation sites excluding steroid dienone is 1. The molecule has 0 spiro atoms. The third kappa shape index (κ3) is 5.01. The van der Waals surface area contributed by atoms with E-state index in [0.717, 1.165) is 17.3 Å². The van der Waals surface area contributed by atoms with Crippen molar-refractivity contribution in [1.29, 1.82) is 5.26 Å². The molecule has 0 atom stereocenters. The molecule has 0 fully saturated rings. The van der Waals surface area contributed by atoms with Gasteiger partial charge in [0.05, 0.1) is 17.2 Å². The van der Waals surface area contributed by atoms with Crippen LogP contribution in [-0.2, 0) is 0 Å². The molecule has 25 heavy (non-hydrogen) atoms. The second kappa shape index (κ2) is 8.41. The van der Waals surface area contributed by atoms with Crippen molar-refractivity contribution < 1.29 is 9.18 Å². The monoisotopic (exact) mass is 336 g/mol. The van der Waals surface area contributed by atoms with E-state index in [2.05, 4.69) is 10.5 Å². The minimum Gasteiger partial charge on any atom is -0.378 e. The van der Waals surface area contributed by atoms with Crippen LogP contribution in [0.25, 0.3) is 6.08 Å². The lowest BCUT2D eigenvalue weighted by atomic mass is 10.1. The van der Waals surface area contributed by atoms with Crippen molar-refractivity contribution in [3.63, 3.8) is 0 Å².